The van der Waals surface area contributed by atoms with Crippen molar-refractivity contribution in [2.75, 3.05) is 5.33 Å². The van der Waals surface area contributed by atoms with Gasteiger partial charge in [-0.1, -0.05) is 52.3 Å². The summed E-state index contributed by atoms with van der Waals surface area (Å²) in [5.74, 6) is 0. The summed E-state index contributed by atoms with van der Waals surface area (Å²) >= 11 is 3.35. The monoisotopic (exact) mass is 238 g/mol. The topological polar surface area (TPSA) is 17.1 Å². The summed E-state index contributed by atoms with van der Waals surface area (Å²) in [6.45, 7) is 0. The van der Waals surface area contributed by atoms with E-state index in [1.54, 1.807) is 0 Å². The molecule has 0 saturated heterocycles. The van der Waals surface area contributed by atoms with E-state index in [9.17, 15) is 4.79 Å². The van der Waals surface area contributed by atoms with Crippen LogP contribution in [0.3, 0.4) is 0 Å². The Balaban J connectivity index is 2.63. The zero-order chi connectivity index (χ0) is 9.52. The van der Waals surface area contributed by atoms with E-state index in [1.165, 1.54) is 0 Å². The summed E-state index contributed by atoms with van der Waals surface area (Å²) < 4.78 is 0. The van der Waals surface area contributed by atoms with E-state index in [-0.39, 0.29) is 0 Å². The van der Waals surface area contributed by atoms with Gasteiger partial charge in [0.05, 0.1) is 0 Å². The highest BCUT2D eigenvalue weighted by molar-refractivity contribution is 9.09. The molecule has 0 atom stereocenters. The van der Waals surface area contributed by atoms with Crippen molar-refractivity contribution in [2.24, 2.45) is 0 Å². The van der Waals surface area contributed by atoms with Crippen LogP contribution in [0.5, 0.6) is 0 Å². The maximum Gasteiger partial charge on any atom is 0.150 e. The van der Waals surface area contributed by atoms with Crippen molar-refractivity contribution in [1.82, 2.24) is 0 Å². The molecule has 0 heterocycles. The zero-order valence-corrected chi connectivity index (χ0v) is 8.83. The summed E-state index contributed by atoms with van der Waals surface area (Å²) in [5, 5.41) is 0.982. The van der Waals surface area contributed by atoms with Crippen LogP contribution in [0.2, 0.25) is 0 Å². The second-order valence-electron chi connectivity index (χ2n) is 2.66. The summed E-state index contributed by atoms with van der Waals surface area (Å²) in [6.07, 6.45) is 6.03. The number of hydrogen-bond donors (Lipinski definition) is 0. The number of rotatable bonds is 4. The number of allylic oxidation sites excluding steroid dienone is 1. The highest BCUT2D eigenvalue weighted by Crippen LogP contribution is 2.05. The molecule has 68 valence electrons. The Hall–Kier alpha value is -0.890. The lowest BCUT2D eigenvalue weighted by Crippen LogP contribution is -1.78. The van der Waals surface area contributed by atoms with Crippen molar-refractivity contribution in [1.29, 1.82) is 0 Å². The Kier molecular flexibility index (Phi) is 4.47. The van der Waals surface area contributed by atoms with Gasteiger partial charge >= 0.3 is 0 Å². The Bertz CT molecular complexity index is 287. The van der Waals surface area contributed by atoms with Gasteiger partial charge in [-0.25, -0.2) is 0 Å². The molecule has 1 aromatic rings. The Morgan fingerprint density at radius 3 is 2.31 bits per heavy atom. The first-order valence-corrected chi connectivity index (χ1v) is 5.26. The molecule has 0 bridgehead atoms. The molecular weight excluding hydrogens is 228 g/mol. The SMILES string of the molecule is O=Cc1ccc(C=CCCBr)cc1. The molecule has 0 saturated carbocycles. The summed E-state index contributed by atoms with van der Waals surface area (Å²) in [4.78, 5) is 10.4. The molecule has 0 aliphatic rings. The van der Waals surface area contributed by atoms with Gasteiger partial charge in [-0.2, -0.15) is 0 Å². The Labute approximate surface area is 86.6 Å². The van der Waals surface area contributed by atoms with Gasteiger partial charge in [0.1, 0.15) is 6.29 Å². The highest BCUT2D eigenvalue weighted by atomic mass is 79.9. The smallest absolute Gasteiger partial charge is 0.150 e. The number of alkyl halides is 1. The zero-order valence-electron chi connectivity index (χ0n) is 7.24. The average molecular weight is 239 g/mol. The summed E-state index contributed by atoms with van der Waals surface area (Å²) in [6, 6.07) is 7.52. The standard InChI is InChI=1S/C11H11BrO/c12-8-2-1-3-10-4-6-11(9-13)7-5-10/h1,3-7,9H,2,8H2. The molecule has 0 unspecified atom stereocenters. The Morgan fingerprint density at radius 2 is 1.77 bits per heavy atom. The minimum atomic E-state index is 0.720. The third kappa shape index (κ3) is 3.55. The molecular formula is C11H11BrO. The van der Waals surface area contributed by atoms with E-state index >= 15 is 0 Å². The van der Waals surface area contributed by atoms with Gasteiger partial charge in [-0.15, -0.1) is 0 Å². The number of halogens is 1. The first-order valence-electron chi connectivity index (χ1n) is 4.14. The van der Waals surface area contributed by atoms with Crippen LogP contribution in [0, 0.1) is 0 Å². The third-order valence-electron chi connectivity index (χ3n) is 1.66. The molecule has 13 heavy (non-hydrogen) atoms. The van der Waals surface area contributed by atoms with Gasteiger partial charge in [0, 0.05) is 10.9 Å². The molecule has 0 aliphatic carbocycles. The molecule has 1 aromatic carbocycles. The maximum absolute atomic E-state index is 10.4. The Morgan fingerprint density at radius 1 is 1.15 bits per heavy atom. The van der Waals surface area contributed by atoms with Crippen molar-refractivity contribution in [3.63, 3.8) is 0 Å². The molecule has 0 aromatic heterocycles. The quantitative estimate of drug-likeness (QED) is 0.582. The second-order valence-corrected chi connectivity index (χ2v) is 3.46. The van der Waals surface area contributed by atoms with Crippen molar-refractivity contribution in [3.05, 3.63) is 41.5 Å². The largest absolute Gasteiger partial charge is 0.298 e. The third-order valence-corrected chi connectivity index (χ3v) is 2.12. The number of carbonyl (C=O) groups is 1. The van der Waals surface area contributed by atoms with E-state index in [4.69, 9.17) is 0 Å². The lowest BCUT2D eigenvalue weighted by molar-refractivity contribution is 0.112. The average Bonchev–Trinajstić information content (AvgIpc) is 2.19. The van der Waals surface area contributed by atoms with Crippen LogP contribution in [-0.2, 0) is 0 Å². The van der Waals surface area contributed by atoms with E-state index in [0.717, 1.165) is 29.2 Å². The molecule has 0 fully saturated rings. The van der Waals surface area contributed by atoms with Gasteiger partial charge in [0.2, 0.25) is 0 Å². The lowest BCUT2D eigenvalue weighted by Gasteiger charge is -1.93. The van der Waals surface area contributed by atoms with Gasteiger partial charge in [-0.3, -0.25) is 4.79 Å². The molecule has 0 N–H and O–H groups in total. The predicted molar refractivity (Wildman–Crippen MR) is 59.3 cm³/mol. The number of benzene rings is 1. The van der Waals surface area contributed by atoms with Crippen molar-refractivity contribution >= 4 is 28.3 Å². The van der Waals surface area contributed by atoms with Gasteiger partial charge in [0.25, 0.3) is 0 Å². The fourth-order valence-electron chi connectivity index (χ4n) is 0.968. The maximum atomic E-state index is 10.4. The van der Waals surface area contributed by atoms with Gasteiger partial charge < -0.3 is 0 Å². The van der Waals surface area contributed by atoms with Crippen LogP contribution in [0.1, 0.15) is 22.3 Å². The van der Waals surface area contributed by atoms with Crippen LogP contribution in [0.15, 0.2) is 30.3 Å². The summed E-state index contributed by atoms with van der Waals surface area (Å²) in [7, 11) is 0. The van der Waals surface area contributed by atoms with Crippen LogP contribution in [-0.4, -0.2) is 11.6 Å². The molecule has 2 heteroatoms. The first-order chi connectivity index (χ1) is 6.36. The van der Waals surface area contributed by atoms with E-state index < -0.39 is 0 Å². The fourth-order valence-corrected chi connectivity index (χ4v) is 1.23. The first kappa shape index (κ1) is 10.2. The predicted octanol–water partition coefficient (Wildman–Crippen LogP) is 3.30. The van der Waals surface area contributed by atoms with Gasteiger partial charge in [0.15, 0.2) is 0 Å². The van der Waals surface area contributed by atoms with E-state index in [0.29, 0.717) is 0 Å². The molecule has 0 aliphatic heterocycles. The van der Waals surface area contributed by atoms with Crippen molar-refractivity contribution in [2.45, 2.75) is 6.42 Å². The molecule has 0 amide bonds. The number of carbonyl (C=O) groups excluding carboxylic acids is 1. The number of aldehydes is 1. The van der Waals surface area contributed by atoms with Crippen LogP contribution >= 0.6 is 15.9 Å². The minimum Gasteiger partial charge on any atom is -0.298 e. The van der Waals surface area contributed by atoms with Crippen LogP contribution < -0.4 is 0 Å². The van der Waals surface area contributed by atoms with E-state index in [2.05, 4.69) is 28.1 Å². The van der Waals surface area contributed by atoms with Crippen molar-refractivity contribution < 1.29 is 4.79 Å². The highest BCUT2D eigenvalue weighted by Gasteiger charge is 1.88. The number of hydrogen-bond acceptors (Lipinski definition) is 1. The molecule has 1 rings (SSSR count). The van der Waals surface area contributed by atoms with Crippen LogP contribution in [0.25, 0.3) is 6.08 Å². The second kappa shape index (κ2) is 5.70. The van der Waals surface area contributed by atoms with Crippen molar-refractivity contribution in [3.8, 4) is 0 Å². The molecule has 0 radical (unpaired) electrons. The fraction of sp³-hybridized carbons (Fsp3) is 0.182. The molecule has 1 nitrogen and oxygen atoms in total. The lowest BCUT2D eigenvalue weighted by atomic mass is 10.1. The van der Waals surface area contributed by atoms with E-state index in [1.807, 2.05) is 24.3 Å². The summed E-state index contributed by atoms with van der Waals surface area (Å²) in [5.41, 5.74) is 1.85. The van der Waals surface area contributed by atoms with Crippen LogP contribution in [0.4, 0.5) is 0 Å². The minimum absolute atomic E-state index is 0.720. The van der Waals surface area contributed by atoms with Gasteiger partial charge in [-0.05, 0) is 12.0 Å². The normalized spacial score (nSPS) is 10.5. The molecule has 0 spiro atoms.